The molecule has 0 aliphatic carbocycles. The van der Waals surface area contributed by atoms with Gasteiger partial charge in [-0.25, -0.2) is 0 Å². The van der Waals surface area contributed by atoms with Crippen LogP contribution < -0.4 is 4.74 Å². The summed E-state index contributed by atoms with van der Waals surface area (Å²) in [5, 5.41) is 0.842. The minimum absolute atomic E-state index is 0.243. The van der Waals surface area contributed by atoms with Gasteiger partial charge in [0.1, 0.15) is 5.75 Å². The Morgan fingerprint density at radius 1 is 1.25 bits per heavy atom. The lowest BCUT2D eigenvalue weighted by Crippen LogP contribution is -2.11. The van der Waals surface area contributed by atoms with E-state index in [4.69, 9.17) is 4.74 Å². The van der Waals surface area contributed by atoms with Gasteiger partial charge in [-0.05, 0) is 62.9 Å². The van der Waals surface area contributed by atoms with Crippen molar-refractivity contribution in [3.8, 4) is 5.75 Å². The topological polar surface area (TPSA) is 9.23 Å². The molecule has 1 aromatic carbocycles. The van der Waals surface area contributed by atoms with Crippen LogP contribution in [0.1, 0.15) is 32.3 Å². The normalized spacial score (nSPS) is 12.6. The Hall–Kier alpha value is 0.460. The highest BCUT2D eigenvalue weighted by Crippen LogP contribution is 2.36. The summed E-state index contributed by atoms with van der Waals surface area (Å²) >= 11 is 10.5. The molecule has 0 bridgehead atoms. The molecular formula is C12H15Br3O. The maximum Gasteiger partial charge on any atom is 0.148 e. The molecule has 0 radical (unpaired) electrons. The molecule has 1 aromatic rings. The van der Waals surface area contributed by atoms with E-state index in [1.807, 2.05) is 0 Å². The third-order valence-electron chi connectivity index (χ3n) is 2.23. The first-order valence-electron chi connectivity index (χ1n) is 5.29. The second-order valence-electron chi connectivity index (χ2n) is 3.74. The molecule has 0 N–H and O–H groups in total. The summed E-state index contributed by atoms with van der Waals surface area (Å²) < 4.78 is 7.91. The summed E-state index contributed by atoms with van der Waals surface area (Å²) in [5.41, 5.74) is 1.22. The van der Waals surface area contributed by atoms with Crippen molar-refractivity contribution in [2.75, 3.05) is 0 Å². The van der Waals surface area contributed by atoms with Crippen LogP contribution in [0, 0.1) is 0 Å². The predicted molar refractivity (Wildman–Crippen MR) is 79.5 cm³/mol. The second-order valence-corrected chi connectivity index (χ2v) is 6.01. The molecule has 0 spiro atoms. The molecule has 16 heavy (non-hydrogen) atoms. The van der Waals surface area contributed by atoms with Crippen molar-refractivity contribution in [2.45, 2.75) is 38.1 Å². The van der Waals surface area contributed by atoms with E-state index < -0.39 is 0 Å². The fourth-order valence-corrected chi connectivity index (χ4v) is 3.26. The van der Waals surface area contributed by atoms with Crippen molar-refractivity contribution in [1.82, 2.24) is 0 Å². The first-order valence-corrected chi connectivity index (χ1v) is 7.99. The molecule has 0 fully saturated rings. The Morgan fingerprint density at radius 3 is 2.25 bits per heavy atom. The van der Waals surface area contributed by atoms with E-state index >= 15 is 0 Å². The molecule has 0 amide bonds. The van der Waals surface area contributed by atoms with E-state index in [1.165, 1.54) is 5.56 Å². The van der Waals surface area contributed by atoms with Gasteiger partial charge >= 0.3 is 0 Å². The van der Waals surface area contributed by atoms with Gasteiger partial charge in [0, 0.05) is 5.33 Å². The van der Waals surface area contributed by atoms with Crippen molar-refractivity contribution in [1.29, 1.82) is 0 Å². The Balaban J connectivity index is 2.87. The van der Waals surface area contributed by atoms with Crippen molar-refractivity contribution in [2.24, 2.45) is 0 Å². The Labute approximate surface area is 122 Å². The number of alkyl halides is 1. The molecule has 4 heteroatoms. The lowest BCUT2D eigenvalue weighted by atomic mass is 10.2. The van der Waals surface area contributed by atoms with Crippen LogP contribution >= 0.6 is 47.8 Å². The zero-order valence-electron chi connectivity index (χ0n) is 9.40. The summed E-state index contributed by atoms with van der Waals surface area (Å²) in [6.07, 6.45) is 2.45. The molecule has 1 rings (SSSR count). The minimum atomic E-state index is 0.243. The highest BCUT2D eigenvalue weighted by atomic mass is 79.9. The van der Waals surface area contributed by atoms with Crippen molar-refractivity contribution < 1.29 is 4.74 Å². The number of benzene rings is 1. The van der Waals surface area contributed by atoms with Gasteiger partial charge in [0.2, 0.25) is 0 Å². The molecule has 1 atom stereocenters. The van der Waals surface area contributed by atoms with Gasteiger partial charge in [-0.15, -0.1) is 0 Å². The van der Waals surface area contributed by atoms with Gasteiger partial charge in [-0.1, -0.05) is 29.3 Å². The van der Waals surface area contributed by atoms with Crippen LogP contribution in [0.5, 0.6) is 5.75 Å². The molecule has 0 heterocycles. The molecule has 0 aliphatic rings. The summed E-state index contributed by atoms with van der Waals surface area (Å²) in [6, 6.07) is 4.15. The summed E-state index contributed by atoms with van der Waals surface area (Å²) in [7, 11) is 0. The minimum Gasteiger partial charge on any atom is -0.488 e. The monoisotopic (exact) mass is 412 g/mol. The third kappa shape index (κ3) is 4.04. The van der Waals surface area contributed by atoms with E-state index in [9.17, 15) is 0 Å². The molecular weight excluding hydrogens is 400 g/mol. The van der Waals surface area contributed by atoms with Gasteiger partial charge in [0.05, 0.1) is 15.0 Å². The number of ether oxygens (including phenoxy) is 1. The number of hydrogen-bond acceptors (Lipinski definition) is 1. The van der Waals surface area contributed by atoms with Crippen LogP contribution in [0.4, 0.5) is 0 Å². The summed E-state index contributed by atoms with van der Waals surface area (Å²) in [6.45, 7) is 4.26. The van der Waals surface area contributed by atoms with E-state index in [0.29, 0.717) is 0 Å². The number of rotatable bonds is 5. The van der Waals surface area contributed by atoms with Gasteiger partial charge in [-0.2, -0.15) is 0 Å². The quantitative estimate of drug-likeness (QED) is 0.563. The SMILES string of the molecule is CCCC(C)Oc1c(Br)cc(CBr)cc1Br. The Morgan fingerprint density at radius 2 is 1.81 bits per heavy atom. The first-order chi connectivity index (χ1) is 7.58. The largest absolute Gasteiger partial charge is 0.488 e. The van der Waals surface area contributed by atoms with Crippen molar-refractivity contribution in [3.63, 3.8) is 0 Å². The van der Waals surface area contributed by atoms with Crippen LogP contribution in [0.15, 0.2) is 21.1 Å². The Kier molecular flexibility index (Phi) is 6.37. The second kappa shape index (κ2) is 7.02. The van der Waals surface area contributed by atoms with Gasteiger partial charge < -0.3 is 4.74 Å². The molecule has 0 aliphatic heterocycles. The number of hydrogen-bond donors (Lipinski definition) is 0. The van der Waals surface area contributed by atoms with Crippen LogP contribution in [0.25, 0.3) is 0 Å². The lowest BCUT2D eigenvalue weighted by Gasteiger charge is -2.17. The molecule has 0 saturated heterocycles. The molecule has 90 valence electrons. The van der Waals surface area contributed by atoms with Crippen LogP contribution in [0.2, 0.25) is 0 Å². The zero-order chi connectivity index (χ0) is 12.1. The van der Waals surface area contributed by atoms with Crippen LogP contribution in [-0.4, -0.2) is 6.10 Å². The zero-order valence-corrected chi connectivity index (χ0v) is 14.2. The molecule has 0 aromatic heterocycles. The summed E-state index contributed by atoms with van der Waals surface area (Å²) in [4.78, 5) is 0. The van der Waals surface area contributed by atoms with Crippen molar-refractivity contribution in [3.05, 3.63) is 26.6 Å². The van der Waals surface area contributed by atoms with E-state index in [0.717, 1.165) is 32.9 Å². The average Bonchev–Trinajstić information content (AvgIpc) is 2.23. The molecule has 0 saturated carbocycles. The average molecular weight is 415 g/mol. The fourth-order valence-electron chi connectivity index (χ4n) is 1.47. The standard InChI is InChI=1S/C12H15Br3O/c1-3-4-8(2)16-12-10(14)5-9(7-13)6-11(12)15/h5-6,8H,3-4,7H2,1-2H3. The van der Waals surface area contributed by atoms with Crippen molar-refractivity contribution >= 4 is 47.8 Å². The predicted octanol–water partition coefficient (Wildman–Crippen LogP) is 5.67. The third-order valence-corrected chi connectivity index (χ3v) is 4.05. The van der Waals surface area contributed by atoms with E-state index in [-0.39, 0.29) is 6.10 Å². The number of halogens is 3. The van der Waals surface area contributed by atoms with E-state index in [2.05, 4.69) is 73.8 Å². The van der Waals surface area contributed by atoms with Gasteiger partial charge in [0.15, 0.2) is 0 Å². The highest BCUT2D eigenvalue weighted by molar-refractivity contribution is 9.11. The van der Waals surface area contributed by atoms with Gasteiger partial charge in [0.25, 0.3) is 0 Å². The molecule has 1 nitrogen and oxygen atoms in total. The van der Waals surface area contributed by atoms with Crippen LogP contribution in [-0.2, 0) is 5.33 Å². The smallest absolute Gasteiger partial charge is 0.148 e. The Bertz CT molecular complexity index is 329. The van der Waals surface area contributed by atoms with E-state index in [1.54, 1.807) is 0 Å². The summed E-state index contributed by atoms with van der Waals surface area (Å²) in [5.74, 6) is 0.894. The fraction of sp³-hybridized carbons (Fsp3) is 0.500. The maximum absolute atomic E-state index is 5.91. The van der Waals surface area contributed by atoms with Crippen LogP contribution in [0.3, 0.4) is 0 Å². The lowest BCUT2D eigenvalue weighted by molar-refractivity contribution is 0.207. The maximum atomic E-state index is 5.91. The first kappa shape index (κ1) is 14.5. The van der Waals surface area contributed by atoms with Gasteiger partial charge in [-0.3, -0.25) is 0 Å². The highest BCUT2D eigenvalue weighted by Gasteiger charge is 2.11. The molecule has 1 unspecified atom stereocenters.